The fraction of sp³-hybridized carbons (Fsp3) is 0.0769. The highest BCUT2D eigenvalue weighted by Crippen LogP contribution is 2.22. The molecule has 0 fully saturated rings. The van der Waals surface area contributed by atoms with Gasteiger partial charge in [0, 0.05) is 18.7 Å². The van der Waals surface area contributed by atoms with Crippen LogP contribution in [0.4, 0.5) is 14.5 Å². The van der Waals surface area contributed by atoms with E-state index in [1.165, 1.54) is 12.1 Å². The van der Waals surface area contributed by atoms with Crippen LogP contribution in [-0.2, 0) is 16.6 Å². The molecule has 0 amide bonds. The van der Waals surface area contributed by atoms with Crippen LogP contribution in [-0.4, -0.2) is 13.3 Å². The Morgan fingerprint density at radius 1 is 1.09 bits per heavy atom. The monoisotopic (exact) mass is 328 g/mol. The number of benzene rings is 2. The highest BCUT2D eigenvalue weighted by Gasteiger charge is 2.24. The predicted molar refractivity (Wildman–Crippen MR) is 73.5 cm³/mol. The van der Waals surface area contributed by atoms with Crippen molar-refractivity contribution in [3.05, 3.63) is 69.8 Å². The lowest BCUT2D eigenvalue weighted by molar-refractivity contribution is -0.387. The van der Waals surface area contributed by atoms with Gasteiger partial charge in [0.2, 0.25) is 10.0 Å². The molecule has 0 aliphatic rings. The zero-order valence-corrected chi connectivity index (χ0v) is 11.8. The molecule has 0 saturated carbocycles. The molecular formula is C13H10F2N2O4S. The van der Waals surface area contributed by atoms with E-state index >= 15 is 0 Å². The molecule has 0 radical (unpaired) electrons. The van der Waals surface area contributed by atoms with Gasteiger partial charge in [-0.3, -0.25) is 10.1 Å². The molecule has 0 spiro atoms. The molecular weight excluding hydrogens is 318 g/mol. The van der Waals surface area contributed by atoms with Crippen molar-refractivity contribution in [1.82, 2.24) is 4.72 Å². The Hall–Kier alpha value is -2.39. The molecule has 0 aliphatic heterocycles. The average Bonchev–Trinajstić information content (AvgIpc) is 2.44. The summed E-state index contributed by atoms with van der Waals surface area (Å²) in [4.78, 5) is 9.51. The third-order valence-corrected chi connectivity index (χ3v) is 4.19. The molecule has 0 aromatic heterocycles. The van der Waals surface area contributed by atoms with Gasteiger partial charge in [-0.1, -0.05) is 12.1 Å². The number of para-hydroxylation sites is 1. The molecule has 116 valence electrons. The Kier molecular flexibility index (Phi) is 4.48. The molecule has 0 aliphatic carbocycles. The van der Waals surface area contributed by atoms with E-state index in [1.54, 1.807) is 0 Å². The summed E-state index contributed by atoms with van der Waals surface area (Å²) in [5.41, 5.74) is -0.528. The normalized spacial score (nSPS) is 11.4. The van der Waals surface area contributed by atoms with E-state index in [0.717, 1.165) is 24.3 Å². The van der Waals surface area contributed by atoms with Crippen LogP contribution in [0.15, 0.2) is 47.4 Å². The van der Waals surface area contributed by atoms with E-state index in [4.69, 9.17) is 0 Å². The van der Waals surface area contributed by atoms with Gasteiger partial charge in [-0.25, -0.2) is 21.9 Å². The first-order valence-electron chi connectivity index (χ1n) is 5.97. The van der Waals surface area contributed by atoms with Gasteiger partial charge < -0.3 is 0 Å². The Bertz CT molecular complexity index is 804. The van der Waals surface area contributed by atoms with E-state index in [0.29, 0.717) is 6.07 Å². The molecule has 0 atom stereocenters. The first kappa shape index (κ1) is 16.0. The van der Waals surface area contributed by atoms with E-state index in [9.17, 15) is 27.3 Å². The topological polar surface area (TPSA) is 89.3 Å². The zero-order chi connectivity index (χ0) is 16.3. The third-order valence-electron chi connectivity index (χ3n) is 2.74. The molecule has 0 unspecified atom stereocenters. The van der Waals surface area contributed by atoms with Crippen molar-refractivity contribution in [3.63, 3.8) is 0 Å². The Morgan fingerprint density at radius 3 is 2.27 bits per heavy atom. The number of hydrogen-bond acceptors (Lipinski definition) is 4. The van der Waals surface area contributed by atoms with Crippen molar-refractivity contribution in [2.45, 2.75) is 11.4 Å². The Balaban J connectivity index is 2.27. The van der Waals surface area contributed by atoms with Crippen LogP contribution in [0.5, 0.6) is 0 Å². The number of nitrogens with one attached hydrogen (secondary N) is 1. The number of sulfonamides is 1. The maximum Gasteiger partial charge on any atom is 0.289 e. The maximum absolute atomic E-state index is 13.0. The molecule has 2 rings (SSSR count). The zero-order valence-electron chi connectivity index (χ0n) is 11.0. The number of rotatable bonds is 5. The minimum atomic E-state index is -4.20. The summed E-state index contributed by atoms with van der Waals surface area (Å²) < 4.78 is 52.3. The van der Waals surface area contributed by atoms with Crippen LogP contribution in [0.1, 0.15) is 5.56 Å². The van der Waals surface area contributed by atoms with Gasteiger partial charge in [0.05, 0.1) is 4.92 Å². The van der Waals surface area contributed by atoms with Crippen molar-refractivity contribution in [1.29, 1.82) is 0 Å². The summed E-state index contributed by atoms with van der Waals surface area (Å²) in [6.07, 6.45) is 0. The van der Waals surface area contributed by atoms with Gasteiger partial charge in [0.25, 0.3) is 5.69 Å². The Morgan fingerprint density at radius 2 is 1.68 bits per heavy atom. The molecule has 0 bridgehead atoms. The second kappa shape index (κ2) is 6.16. The van der Waals surface area contributed by atoms with Gasteiger partial charge in [0.15, 0.2) is 4.90 Å². The smallest absolute Gasteiger partial charge is 0.258 e. The van der Waals surface area contributed by atoms with E-state index in [-0.39, 0.29) is 5.56 Å². The summed E-state index contributed by atoms with van der Waals surface area (Å²) in [5.74, 6) is -1.69. The Labute approximate surface area is 124 Å². The van der Waals surface area contributed by atoms with Gasteiger partial charge in [-0.05, 0) is 23.8 Å². The highest BCUT2D eigenvalue weighted by molar-refractivity contribution is 7.89. The van der Waals surface area contributed by atoms with Crippen molar-refractivity contribution in [2.24, 2.45) is 0 Å². The molecule has 6 nitrogen and oxygen atoms in total. The number of nitro benzene ring substituents is 1. The fourth-order valence-electron chi connectivity index (χ4n) is 1.80. The molecule has 9 heteroatoms. The standard InChI is InChI=1S/C13H10F2N2O4S/c14-10-5-9(6-11(15)7-10)8-16-22(20,21)13-4-2-1-3-12(13)17(18)19/h1-7,16H,8H2. The minimum absolute atomic E-state index is 0.0552. The lowest BCUT2D eigenvalue weighted by Gasteiger charge is -2.07. The van der Waals surface area contributed by atoms with E-state index < -0.39 is 43.7 Å². The van der Waals surface area contributed by atoms with Crippen molar-refractivity contribution >= 4 is 15.7 Å². The SMILES string of the molecule is O=[N+]([O-])c1ccccc1S(=O)(=O)NCc1cc(F)cc(F)c1. The van der Waals surface area contributed by atoms with Crippen molar-refractivity contribution in [2.75, 3.05) is 0 Å². The fourth-order valence-corrected chi connectivity index (χ4v) is 2.99. The number of nitrogens with zero attached hydrogens (tertiary/aromatic N) is 1. The van der Waals surface area contributed by atoms with E-state index in [1.807, 2.05) is 0 Å². The van der Waals surface area contributed by atoms with Crippen molar-refractivity contribution < 1.29 is 22.1 Å². The highest BCUT2D eigenvalue weighted by atomic mass is 32.2. The van der Waals surface area contributed by atoms with Gasteiger partial charge in [-0.15, -0.1) is 0 Å². The molecule has 22 heavy (non-hydrogen) atoms. The summed E-state index contributed by atoms with van der Waals surface area (Å²) in [5, 5.41) is 10.8. The maximum atomic E-state index is 13.0. The first-order chi connectivity index (χ1) is 10.3. The summed E-state index contributed by atoms with van der Waals surface area (Å²) in [7, 11) is -4.20. The largest absolute Gasteiger partial charge is 0.289 e. The second-order valence-corrected chi connectivity index (χ2v) is 6.06. The van der Waals surface area contributed by atoms with Gasteiger partial charge >= 0.3 is 0 Å². The minimum Gasteiger partial charge on any atom is -0.258 e. The van der Waals surface area contributed by atoms with Crippen molar-refractivity contribution in [3.8, 4) is 0 Å². The molecule has 1 N–H and O–H groups in total. The summed E-state index contributed by atoms with van der Waals surface area (Å²) in [6, 6.07) is 7.38. The quantitative estimate of drug-likeness (QED) is 0.674. The van der Waals surface area contributed by atoms with Gasteiger partial charge in [-0.2, -0.15) is 0 Å². The lowest BCUT2D eigenvalue weighted by atomic mass is 10.2. The van der Waals surface area contributed by atoms with Crippen LogP contribution < -0.4 is 4.72 Å². The predicted octanol–water partition coefficient (Wildman–Crippen LogP) is 2.35. The third kappa shape index (κ3) is 3.62. The first-order valence-corrected chi connectivity index (χ1v) is 7.46. The number of nitro groups is 1. The number of hydrogen-bond donors (Lipinski definition) is 1. The average molecular weight is 328 g/mol. The summed E-state index contributed by atoms with van der Waals surface area (Å²) in [6.45, 7) is -0.400. The lowest BCUT2D eigenvalue weighted by Crippen LogP contribution is -2.24. The van der Waals surface area contributed by atoms with E-state index in [2.05, 4.69) is 4.72 Å². The number of halogens is 2. The van der Waals surface area contributed by atoms with Crippen LogP contribution in [0.25, 0.3) is 0 Å². The van der Waals surface area contributed by atoms with Crippen LogP contribution in [0, 0.1) is 21.7 Å². The van der Waals surface area contributed by atoms with Crippen LogP contribution in [0.2, 0.25) is 0 Å². The second-order valence-electron chi connectivity index (χ2n) is 4.33. The van der Waals surface area contributed by atoms with Crippen LogP contribution >= 0.6 is 0 Å². The molecule has 0 heterocycles. The molecule has 2 aromatic carbocycles. The van der Waals surface area contributed by atoms with Crippen LogP contribution in [0.3, 0.4) is 0 Å². The molecule has 0 saturated heterocycles. The van der Waals surface area contributed by atoms with Gasteiger partial charge in [0.1, 0.15) is 11.6 Å². The summed E-state index contributed by atoms with van der Waals surface area (Å²) >= 11 is 0. The molecule has 2 aromatic rings.